The van der Waals surface area contributed by atoms with E-state index in [1.165, 1.54) is 20.0 Å². The molecule has 1 N–H and O–H groups in total. The van der Waals surface area contributed by atoms with E-state index in [-0.39, 0.29) is 11.5 Å². The Morgan fingerprint density at radius 3 is 2.69 bits per heavy atom. The normalized spacial score (nSPS) is 16.7. The molecule has 0 unspecified atom stereocenters. The first kappa shape index (κ1) is 10.9. The maximum absolute atomic E-state index is 11.4. The van der Waals surface area contributed by atoms with Crippen LogP contribution in [0.15, 0.2) is 12.1 Å². The number of hydrogen-bond acceptors (Lipinski definition) is 4. The number of pyridine rings is 1. The first-order chi connectivity index (χ1) is 7.54. The lowest BCUT2D eigenvalue weighted by Crippen LogP contribution is -2.17. The minimum absolute atomic E-state index is 0.201. The van der Waals surface area contributed by atoms with Crippen LogP contribution in [0, 0.1) is 6.92 Å². The molecule has 2 rings (SSSR count). The Morgan fingerprint density at radius 1 is 1.50 bits per heavy atom. The predicted molar refractivity (Wildman–Crippen MR) is 61.6 cm³/mol. The van der Waals surface area contributed by atoms with E-state index in [0.717, 1.165) is 5.82 Å². The van der Waals surface area contributed by atoms with Gasteiger partial charge >= 0.3 is 5.97 Å². The van der Waals surface area contributed by atoms with Gasteiger partial charge in [-0.05, 0) is 38.8 Å². The summed E-state index contributed by atoms with van der Waals surface area (Å²) >= 11 is 0. The molecule has 1 aromatic rings. The van der Waals surface area contributed by atoms with Gasteiger partial charge in [0.25, 0.3) is 0 Å². The minimum atomic E-state index is -0.339. The van der Waals surface area contributed by atoms with E-state index < -0.39 is 0 Å². The summed E-state index contributed by atoms with van der Waals surface area (Å²) in [7, 11) is 1.37. The van der Waals surface area contributed by atoms with Crippen molar-refractivity contribution in [2.75, 3.05) is 12.4 Å². The van der Waals surface area contributed by atoms with Crippen molar-refractivity contribution in [3.8, 4) is 0 Å². The molecule has 0 amide bonds. The number of aryl methyl sites for hydroxylation is 1. The van der Waals surface area contributed by atoms with Gasteiger partial charge in [0.15, 0.2) is 0 Å². The average Bonchev–Trinajstić information content (AvgIpc) is 2.95. The zero-order chi connectivity index (χ0) is 11.8. The smallest absolute Gasteiger partial charge is 0.339 e. The van der Waals surface area contributed by atoms with Gasteiger partial charge in [0, 0.05) is 5.54 Å². The minimum Gasteiger partial charge on any atom is -0.465 e. The van der Waals surface area contributed by atoms with Crippen LogP contribution in [0.2, 0.25) is 0 Å². The number of esters is 1. The summed E-state index contributed by atoms with van der Waals surface area (Å²) in [5, 5.41) is 3.35. The Morgan fingerprint density at radius 2 is 2.19 bits per heavy atom. The number of methoxy groups -OCH3 is 1. The van der Waals surface area contributed by atoms with E-state index in [1.807, 2.05) is 13.0 Å². The molecule has 0 aromatic carbocycles. The van der Waals surface area contributed by atoms with Crippen LogP contribution in [-0.2, 0) is 4.74 Å². The zero-order valence-corrected chi connectivity index (χ0v) is 9.83. The lowest BCUT2D eigenvalue weighted by molar-refractivity contribution is 0.0599. The molecular weight excluding hydrogens is 204 g/mol. The molecule has 0 radical (unpaired) electrons. The maximum atomic E-state index is 11.4. The van der Waals surface area contributed by atoms with Crippen LogP contribution < -0.4 is 5.32 Å². The van der Waals surface area contributed by atoms with Crippen molar-refractivity contribution in [1.29, 1.82) is 0 Å². The molecule has 1 fully saturated rings. The van der Waals surface area contributed by atoms with Crippen molar-refractivity contribution in [1.82, 2.24) is 4.98 Å². The number of ether oxygens (including phenoxy) is 1. The monoisotopic (exact) mass is 220 g/mol. The van der Waals surface area contributed by atoms with Gasteiger partial charge in [-0.1, -0.05) is 0 Å². The molecule has 0 spiro atoms. The summed E-state index contributed by atoms with van der Waals surface area (Å²) in [4.78, 5) is 15.7. The zero-order valence-electron chi connectivity index (χ0n) is 9.83. The first-order valence-corrected chi connectivity index (χ1v) is 5.38. The third-order valence-corrected chi connectivity index (χ3v) is 2.92. The molecule has 1 heterocycles. The first-order valence-electron chi connectivity index (χ1n) is 5.38. The fourth-order valence-electron chi connectivity index (χ4n) is 1.58. The summed E-state index contributed by atoms with van der Waals surface area (Å²) in [5.41, 5.74) is 1.42. The second-order valence-corrected chi connectivity index (χ2v) is 4.51. The molecule has 1 aromatic heterocycles. The van der Waals surface area contributed by atoms with Gasteiger partial charge in [-0.2, -0.15) is 0 Å². The quantitative estimate of drug-likeness (QED) is 0.793. The predicted octanol–water partition coefficient (Wildman–Crippen LogP) is 2.14. The second-order valence-electron chi connectivity index (χ2n) is 4.51. The number of aromatic nitrogens is 1. The van der Waals surface area contributed by atoms with Crippen molar-refractivity contribution in [3.63, 3.8) is 0 Å². The van der Waals surface area contributed by atoms with Gasteiger partial charge in [0.05, 0.1) is 18.4 Å². The number of nitrogens with one attached hydrogen (secondary N) is 1. The van der Waals surface area contributed by atoms with Crippen molar-refractivity contribution in [3.05, 3.63) is 23.4 Å². The van der Waals surface area contributed by atoms with E-state index in [2.05, 4.69) is 22.0 Å². The SMILES string of the molecule is COC(=O)c1ccc(NC2(C)CC2)nc1C. The molecular formula is C12H16N2O2. The van der Waals surface area contributed by atoms with E-state index in [1.54, 1.807) is 6.07 Å². The largest absolute Gasteiger partial charge is 0.465 e. The molecule has 0 bridgehead atoms. The number of carbonyl (C=O) groups excluding carboxylic acids is 1. The summed E-state index contributed by atoms with van der Waals surface area (Å²) in [6.07, 6.45) is 2.35. The molecule has 1 aliphatic rings. The Balaban J connectivity index is 2.18. The molecule has 0 aliphatic heterocycles. The van der Waals surface area contributed by atoms with Crippen molar-refractivity contribution in [2.45, 2.75) is 32.2 Å². The van der Waals surface area contributed by atoms with Crippen LogP contribution in [0.4, 0.5) is 5.82 Å². The Labute approximate surface area is 95.0 Å². The molecule has 1 saturated carbocycles. The number of nitrogens with zero attached hydrogens (tertiary/aromatic N) is 1. The molecule has 0 atom stereocenters. The van der Waals surface area contributed by atoms with Crippen LogP contribution in [0.5, 0.6) is 0 Å². The molecule has 16 heavy (non-hydrogen) atoms. The molecule has 86 valence electrons. The number of carbonyl (C=O) groups is 1. The molecule has 0 saturated heterocycles. The van der Waals surface area contributed by atoms with Crippen LogP contribution in [-0.4, -0.2) is 23.6 Å². The van der Waals surface area contributed by atoms with Gasteiger partial charge in [0.1, 0.15) is 5.82 Å². The van der Waals surface area contributed by atoms with Crippen molar-refractivity contribution >= 4 is 11.8 Å². The third kappa shape index (κ3) is 2.15. The van der Waals surface area contributed by atoms with Gasteiger partial charge in [-0.3, -0.25) is 0 Å². The highest BCUT2D eigenvalue weighted by Gasteiger charge is 2.37. The summed E-state index contributed by atoms with van der Waals surface area (Å²) < 4.78 is 4.67. The second kappa shape index (κ2) is 3.77. The highest BCUT2D eigenvalue weighted by atomic mass is 16.5. The lowest BCUT2D eigenvalue weighted by atomic mass is 10.2. The number of hydrogen-bond donors (Lipinski definition) is 1. The van der Waals surface area contributed by atoms with Crippen LogP contribution in [0.1, 0.15) is 35.8 Å². The van der Waals surface area contributed by atoms with Crippen molar-refractivity contribution < 1.29 is 9.53 Å². The van der Waals surface area contributed by atoms with Gasteiger partial charge in [-0.25, -0.2) is 9.78 Å². The summed E-state index contributed by atoms with van der Waals surface area (Å²) in [5.74, 6) is 0.485. The average molecular weight is 220 g/mol. The van der Waals surface area contributed by atoms with Gasteiger partial charge in [0.2, 0.25) is 0 Å². The Bertz CT molecular complexity index is 425. The summed E-state index contributed by atoms with van der Waals surface area (Å²) in [6.45, 7) is 3.98. The number of anilines is 1. The Hall–Kier alpha value is -1.58. The third-order valence-electron chi connectivity index (χ3n) is 2.92. The van der Waals surface area contributed by atoms with Crippen molar-refractivity contribution in [2.24, 2.45) is 0 Å². The summed E-state index contributed by atoms with van der Waals surface area (Å²) in [6, 6.07) is 3.57. The maximum Gasteiger partial charge on any atom is 0.339 e. The standard InChI is InChI=1S/C12H16N2O2/c1-8-9(11(15)16-3)4-5-10(13-8)14-12(2)6-7-12/h4-5H,6-7H2,1-3H3,(H,13,14). The number of rotatable bonds is 3. The van der Waals surface area contributed by atoms with E-state index >= 15 is 0 Å². The van der Waals surface area contributed by atoms with E-state index in [0.29, 0.717) is 11.3 Å². The highest BCUT2D eigenvalue weighted by molar-refractivity contribution is 5.90. The topological polar surface area (TPSA) is 51.2 Å². The lowest BCUT2D eigenvalue weighted by Gasteiger charge is -2.13. The fraction of sp³-hybridized carbons (Fsp3) is 0.500. The fourth-order valence-corrected chi connectivity index (χ4v) is 1.58. The van der Waals surface area contributed by atoms with Gasteiger partial charge < -0.3 is 10.1 Å². The Kier molecular flexibility index (Phi) is 2.58. The highest BCUT2D eigenvalue weighted by Crippen LogP contribution is 2.37. The van der Waals surface area contributed by atoms with Crippen LogP contribution in [0.3, 0.4) is 0 Å². The van der Waals surface area contributed by atoms with Gasteiger partial charge in [-0.15, -0.1) is 0 Å². The molecule has 1 aliphatic carbocycles. The van der Waals surface area contributed by atoms with E-state index in [4.69, 9.17) is 0 Å². The molecule has 4 heteroatoms. The van der Waals surface area contributed by atoms with E-state index in [9.17, 15) is 4.79 Å². The molecule has 4 nitrogen and oxygen atoms in total. The van der Waals surface area contributed by atoms with Crippen LogP contribution >= 0.6 is 0 Å². The van der Waals surface area contributed by atoms with Crippen LogP contribution in [0.25, 0.3) is 0 Å².